The first kappa shape index (κ1) is 17.8. The minimum atomic E-state index is -0.0992. The van der Waals surface area contributed by atoms with Crippen LogP contribution in [0.4, 0.5) is 0 Å². The van der Waals surface area contributed by atoms with Gasteiger partial charge in [0.1, 0.15) is 4.88 Å². The summed E-state index contributed by atoms with van der Waals surface area (Å²) in [6.45, 7) is 3.10. The van der Waals surface area contributed by atoms with Gasteiger partial charge in [0.2, 0.25) is 0 Å². The van der Waals surface area contributed by atoms with E-state index in [1.54, 1.807) is 6.07 Å². The Balaban J connectivity index is 0.00000176. The maximum atomic E-state index is 12.5. The van der Waals surface area contributed by atoms with E-state index in [4.69, 9.17) is 23.2 Å². The summed E-state index contributed by atoms with van der Waals surface area (Å²) >= 11 is 13.7. The highest BCUT2D eigenvalue weighted by Crippen LogP contribution is 2.36. The molecule has 22 heavy (non-hydrogen) atoms. The number of halogens is 3. The lowest BCUT2D eigenvalue weighted by Crippen LogP contribution is -2.51. The highest BCUT2D eigenvalue weighted by atomic mass is 35.5. The van der Waals surface area contributed by atoms with Crippen LogP contribution in [-0.2, 0) is 0 Å². The molecule has 2 N–H and O–H groups in total. The first-order valence-corrected chi connectivity index (χ1v) is 8.55. The van der Waals surface area contributed by atoms with Gasteiger partial charge < -0.3 is 10.6 Å². The number of nitrogens with one attached hydrogen (secondary N) is 2. The Morgan fingerprint density at radius 1 is 1.41 bits per heavy atom. The molecule has 0 bridgehead atoms. The van der Waals surface area contributed by atoms with E-state index >= 15 is 0 Å². The van der Waals surface area contributed by atoms with Crippen LogP contribution < -0.4 is 10.6 Å². The van der Waals surface area contributed by atoms with E-state index in [-0.39, 0.29) is 30.4 Å². The van der Waals surface area contributed by atoms with Gasteiger partial charge in [0, 0.05) is 27.2 Å². The first-order valence-electron chi connectivity index (χ1n) is 6.98. The minimum absolute atomic E-state index is 0. The number of piperidine rings is 1. The molecule has 3 nitrogen and oxygen atoms in total. The maximum Gasteiger partial charge on any atom is 0.263 e. The predicted molar refractivity (Wildman–Crippen MR) is 97.0 cm³/mol. The number of thiophene rings is 1. The standard InChI is InChI=1S/C15H16Cl2N2OS.ClH/c1-8-11(3-2-6-18-8)19-15(20)14-13(17)10-5-4-9(16)7-12(10)21-14;/h4-5,7-8,11,18H,2-3,6H2,1H3,(H,19,20);1H. The number of rotatable bonds is 2. The second kappa shape index (κ2) is 7.37. The summed E-state index contributed by atoms with van der Waals surface area (Å²) in [5.74, 6) is -0.0992. The summed E-state index contributed by atoms with van der Waals surface area (Å²) in [6.07, 6.45) is 2.07. The fourth-order valence-electron chi connectivity index (χ4n) is 2.66. The molecule has 0 radical (unpaired) electrons. The van der Waals surface area contributed by atoms with Gasteiger partial charge in [-0.25, -0.2) is 0 Å². The molecule has 2 atom stereocenters. The number of carbonyl (C=O) groups excluding carboxylic acids is 1. The fourth-order valence-corrected chi connectivity index (χ4v) is 4.36. The number of fused-ring (bicyclic) bond motifs is 1. The molecule has 2 unspecified atom stereocenters. The predicted octanol–water partition coefficient (Wildman–Crippen LogP) is 4.50. The van der Waals surface area contributed by atoms with Crippen molar-refractivity contribution in [3.63, 3.8) is 0 Å². The van der Waals surface area contributed by atoms with Crippen LogP contribution in [0.25, 0.3) is 10.1 Å². The Kier molecular flexibility index (Phi) is 5.97. The van der Waals surface area contributed by atoms with Crippen molar-refractivity contribution >= 4 is 62.9 Å². The molecule has 0 saturated carbocycles. The van der Waals surface area contributed by atoms with Crippen molar-refractivity contribution in [3.05, 3.63) is 33.1 Å². The lowest BCUT2D eigenvalue weighted by molar-refractivity contribution is 0.0924. The van der Waals surface area contributed by atoms with Gasteiger partial charge in [-0.2, -0.15) is 0 Å². The van der Waals surface area contributed by atoms with Crippen molar-refractivity contribution in [3.8, 4) is 0 Å². The number of hydrogen-bond donors (Lipinski definition) is 2. The molecule has 2 heterocycles. The van der Waals surface area contributed by atoms with Crippen LogP contribution in [0.5, 0.6) is 0 Å². The number of amides is 1. The minimum Gasteiger partial charge on any atom is -0.347 e. The third-order valence-corrected chi connectivity index (χ3v) is 5.77. The largest absolute Gasteiger partial charge is 0.347 e. The smallest absolute Gasteiger partial charge is 0.263 e. The zero-order valence-electron chi connectivity index (χ0n) is 12.0. The van der Waals surface area contributed by atoms with Crippen molar-refractivity contribution in [1.82, 2.24) is 10.6 Å². The highest BCUT2D eigenvalue weighted by Gasteiger charge is 2.25. The molecule has 0 aliphatic carbocycles. The van der Waals surface area contributed by atoms with Crippen LogP contribution in [0.1, 0.15) is 29.4 Å². The summed E-state index contributed by atoms with van der Waals surface area (Å²) in [5.41, 5.74) is 0. The van der Waals surface area contributed by atoms with Gasteiger partial charge in [0.05, 0.1) is 5.02 Å². The SMILES string of the molecule is CC1NCCCC1NC(=O)c1sc2cc(Cl)ccc2c1Cl.Cl. The monoisotopic (exact) mass is 378 g/mol. The molecule has 0 spiro atoms. The molecule has 1 amide bonds. The molecule has 1 aliphatic heterocycles. The van der Waals surface area contributed by atoms with Crippen LogP contribution in [-0.4, -0.2) is 24.5 Å². The van der Waals surface area contributed by atoms with Gasteiger partial charge in [-0.3, -0.25) is 4.79 Å². The number of hydrogen-bond acceptors (Lipinski definition) is 3. The van der Waals surface area contributed by atoms with E-state index < -0.39 is 0 Å². The maximum absolute atomic E-state index is 12.5. The molecule has 2 aromatic rings. The van der Waals surface area contributed by atoms with Crippen molar-refractivity contribution in [2.75, 3.05) is 6.54 Å². The molecule has 1 aromatic carbocycles. The van der Waals surface area contributed by atoms with Gasteiger partial charge in [-0.05, 0) is 38.4 Å². The number of carbonyl (C=O) groups is 1. The molecule has 1 aliphatic rings. The quantitative estimate of drug-likeness (QED) is 0.806. The van der Waals surface area contributed by atoms with Crippen LogP contribution in [0.2, 0.25) is 10.0 Å². The fraction of sp³-hybridized carbons (Fsp3) is 0.400. The van der Waals surface area contributed by atoms with E-state index in [9.17, 15) is 4.79 Å². The van der Waals surface area contributed by atoms with Gasteiger partial charge in [0.15, 0.2) is 0 Å². The van der Waals surface area contributed by atoms with E-state index in [2.05, 4.69) is 17.6 Å². The van der Waals surface area contributed by atoms with E-state index in [0.29, 0.717) is 14.9 Å². The van der Waals surface area contributed by atoms with Crippen molar-refractivity contribution in [1.29, 1.82) is 0 Å². The zero-order chi connectivity index (χ0) is 15.0. The van der Waals surface area contributed by atoms with E-state index in [0.717, 1.165) is 29.5 Å². The van der Waals surface area contributed by atoms with Crippen molar-refractivity contribution in [2.45, 2.75) is 31.8 Å². The van der Waals surface area contributed by atoms with Crippen LogP contribution in [0.3, 0.4) is 0 Å². The summed E-state index contributed by atoms with van der Waals surface area (Å²) in [4.78, 5) is 13.0. The Hall–Kier alpha value is -0.520. The molecule has 1 fully saturated rings. The lowest BCUT2D eigenvalue weighted by Gasteiger charge is -2.30. The van der Waals surface area contributed by atoms with E-state index in [1.807, 2.05) is 12.1 Å². The Morgan fingerprint density at radius 3 is 2.91 bits per heavy atom. The third-order valence-electron chi connectivity index (χ3n) is 3.88. The van der Waals surface area contributed by atoms with Crippen LogP contribution in [0, 0.1) is 0 Å². The van der Waals surface area contributed by atoms with Crippen molar-refractivity contribution < 1.29 is 4.79 Å². The summed E-state index contributed by atoms with van der Waals surface area (Å²) in [6, 6.07) is 5.92. The Bertz CT molecular complexity index is 689. The average Bonchev–Trinajstić information content (AvgIpc) is 2.78. The van der Waals surface area contributed by atoms with Gasteiger partial charge in [-0.15, -0.1) is 23.7 Å². The normalized spacial score (nSPS) is 21.4. The summed E-state index contributed by atoms with van der Waals surface area (Å²) in [7, 11) is 0. The Morgan fingerprint density at radius 2 is 2.18 bits per heavy atom. The first-order chi connectivity index (χ1) is 10.1. The third kappa shape index (κ3) is 3.52. The molecular formula is C15H17Cl3N2OS. The lowest BCUT2D eigenvalue weighted by atomic mass is 10.00. The summed E-state index contributed by atoms with van der Waals surface area (Å²) < 4.78 is 0.937. The zero-order valence-corrected chi connectivity index (χ0v) is 15.1. The molecule has 7 heteroatoms. The highest BCUT2D eigenvalue weighted by molar-refractivity contribution is 7.21. The summed E-state index contributed by atoms with van der Waals surface area (Å²) in [5, 5.41) is 8.51. The molecule has 1 saturated heterocycles. The molecular weight excluding hydrogens is 363 g/mol. The second-order valence-electron chi connectivity index (χ2n) is 5.35. The number of benzene rings is 1. The van der Waals surface area contributed by atoms with Crippen molar-refractivity contribution in [2.24, 2.45) is 0 Å². The average molecular weight is 380 g/mol. The van der Waals surface area contributed by atoms with Gasteiger partial charge in [-0.1, -0.05) is 29.3 Å². The topological polar surface area (TPSA) is 41.1 Å². The van der Waals surface area contributed by atoms with Crippen LogP contribution >= 0.6 is 46.9 Å². The molecule has 120 valence electrons. The van der Waals surface area contributed by atoms with Crippen LogP contribution in [0.15, 0.2) is 18.2 Å². The second-order valence-corrected chi connectivity index (χ2v) is 7.22. The van der Waals surface area contributed by atoms with Gasteiger partial charge >= 0.3 is 0 Å². The van der Waals surface area contributed by atoms with E-state index in [1.165, 1.54) is 11.3 Å². The molecule has 3 rings (SSSR count). The Labute approximate surface area is 149 Å². The molecule has 1 aromatic heterocycles. The van der Waals surface area contributed by atoms with Gasteiger partial charge in [0.25, 0.3) is 5.91 Å².